The van der Waals surface area contributed by atoms with E-state index >= 15 is 0 Å². The molecule has 0 bridgehead atoms. The maximum Gasteiger partial charge on any atom is 0.309 e. The van der Waals surface area contributed by atoms with Crippen LogP contribution in [0.1, 0.15) is 117 Å². The molecule has 6 aliphatic carbocycles. The Morgan fingerprint density at radius 2 is 1.69 bits per heavy atom. The van der Waals surface area contributed by atoms with E-state index in [4.69, 9.17) is 10.5 Å². The van der Waals surface area contributed by atoms with Gasteiger partial charge in [-0.15, -0.1) is 0 Å². The van der Waals surface area contributed by atoms with Crippen molar-refractivity contribution in [3.63, 3.8) is 0 Å². The third kappa shape index (κ3) is 4.26. The predicted octanol–water partition coefficient (Wildman–Crippen LogP) is 9.17. The van der Waals surface area contributed by atoms with E-state index in [-0.39, 0.29) is 17.4 Å². The summed E-state index contributed by atoms with van der Waals surface area (Å²) in [6.45, 7) is 11.0. The molecule has 0 amide bonds. The molecule has 4 fully saturated rings. The lowest BCUT2D eigenvalue weighted by Gasteiger charge is -2.71. The van der Waals surface area contributed by atoms with E-state index in [1.807, 2.05) is 30.3 Å². The number of carbonyl (C=O) groups is 1. The van der Waals surface area contributed by atoms with Crippen molar-refractivity contribution >= 4 is 5.97 Å². The summed E-state index contributed by atoms with van der Waals surface area (Å²) in [5.41, 5.74) is 12.7. The van der Waals surface area contributed by atoms with Gasteiger partial charge in [0.1, 0.15) is 6.61 Å². The van der Waals surface area contributed by atoms with Gasteiger partial charge in [0.15, 0.2) is 0 Å². The van der Waals surface area contributed by atoms with E-state index in [0.717, 1.165) is 48.5 Å². The highest BCUT2D eigenvalue weighted by Crippen LogP contribution is 2.74. The van der Waals surface area contributed by atoms with Gasteiger partial charge in [-0.1, -0.05) is 76.6 Å². The fourth-order valence-corrected chi connectivity index (χ4v) is 12.4. The number of esters is 1. The topological polar surface area (TPSA) is 52.3 Å². The van der Waals surface area contributed by atoms with Gasteiger partial charge in [-0.05, 0) is 140 Å². The van der Waals surface area contributed by atoms with Gasteiger partial charge in [0.2, 0.25) is 0 Å². The van der Waals surface area contributed by atoms with Crippen LogP contribution in [-0.2, 0) is 16.1 Å². The van der Waals surface area contributed by atoms with Crippen molar-refractivity contribution in [1.29, 1.82) is 0 Å². The van der Waals surface area contributed by atoms with Gasteiger partial charge >= 0.3 is 5.97 Å². The molecular weight excluding hydrogens is 514 g/mol. The monoisotopic (exact) mass is 569 g/mol. The van der Waals surface area contributed by atoms with Crippen LogP contribution in [0, 0.1) is 51.8 Å². The second-order valence-corrected chi connectivity index (χ2v) is 16.4. The molecule has 0 heterocycles. The third-order valence-corrected chi connectivity index (χ3v) is 15.0. The quantitative estimate of drug-likeness (QED) is 0.368. The van der Waals surface area contributed by atoms with Crippen LogP contribution in [0.4, 0.5) is 0 Å². The average Bonchev–Trinajstić information content (AvgIpc) is 3.39. The first-order chi connectivity index (χ1) is 20.1. The van der Waals surface area contributed by atoms with Crippen molar-refractivity contribution in [3.8, 4) is 0 Å². The third-order valence-electron chi connectivity index (χ3n) is 15.0. The van der Waals surface area contributed by atoms with Crippen LogP contribution in [-0.4, -0.2) is 11.5 Å². The van der Waals surface area contributed by atoms with E-state index in [9.17, 15) is 4.79 Å². The molecule has 42 heavy (non-hydrogen) atoms. The lowest BCUT2D eigenvalue weighted by atomic mass is 9.34. The summed E-state index contributed by atoms with van der Waals surface area (Å²) in [5.74, 6) is 3.71. The smallest absolute Gasteiger partial charge is 0.309 e. The van der Waals surface area contributed by atoms with Crippen molar-refractivity contribution in [2.24, 2.45) is 57.5 Å². The van der Waals surface area contributed by atoms with Crippen molar-refractivity contribution in [3.05, 3.63) is 59.2 Å². The number of allylic oxidation sites excluding steroid dienone is 4. The zero-order valence-electron chi connectivity index (χ0n) is 26.8. The molecule has 6 aliphatic rings. The Kier molecular flexibility index (Phi) is 7.12. The summed E-state index contributed by atoms with van der Waals surface area (Å²) in [5, 5.41) is 0. The van der Waals surface area contributed by atoms with E-state index in [0.29, 0.717) is 28.8 Å². The molecular formula is C39H55NO2. The summed E-state index contributed by atoms with van der Waals surface area (Å²) >= 11 is 0. The highest BCUT2D eigenvalue weighted by atomic mass is 16.5. The van der Waals surface area contributed by atoms with Gasteiger partial charge in [0.25, 0.3) is 0 Å². The Hall–Kier alpha value is -1.87. The Bertz CT molecular complexity index is 1270. The van der Waals surface area contributed by atoms with Gasteiger partial charge in [-0.3, -0.25) is 4.79 Å². The van der Waals surface area contributed by atoms with Crippen LogP contribution in [0.3, 0.4) is 0 Å². The van der Waals surface area contributed by atoms with Crippen LogP contribution in [0.2, 0.25) is 0 Å². The number of benzene rings is 1. The number of carbonyl (C=O) groups excluding carboxylic acids is 1. The number of hydrogen-bond acceptors (Lipinski definition) is 3. The van der Waals surface area contributed by atoms with Gasteiger partial charge in [-0.2, -0.15) is 0 Å². The number of nitrogens with two attached hydrogens (primary N) is 1. The zero-order chi connectivity index (χ0) is 29.3. The molecule has 0 aliphatic heterocycles. The Balaban J connectivity index is 1.06. The number of ether oxygens (including phenoxy) is 1. The molecule has 3 heteroatoms. The van der Waals surface area contributed by atoms with Gasteiger partial charge < -0.3 is 10.5 Å². The number of hydrogen-bond donors (Lipinski definition) is 1. The van der Waals surface area contributed by atoms with Crippen LogP contribution in [0.25, 0.3) is 0 Å². The normalized spacial score (nSPS) is 46.3. The van der Waals surface area contributed by atoms with Crippen molar-refractivity contribution in [2.75, 3.05) is 0 Å². The van der Waals surface area contributed by atoms with E-state index in [2.05, 4.69) is 39.8 Å². The molecule has 0 aromatic heterocycles. The van der Waals surface area contributed by atoms with Crippen LogP contribution in [0.15, 0.2) is 53.6 Å². The minimum atomic E-state index is -0.0322. The minimum absolute atomic E-state index is 0.00356. The summed E-state index contributed by atoms with van der Waals surface area (Å²) in [7, 11) is 0. The summed E-state index contributed by atoms with van der Waals surface area (Å²) in [6, 6.07) is 10.0. The number of rotatable bonds is 4. The summed E-state index contributed by atoms with van der Waals surface area (Å²) in [4.78, 5) is 12.8. The lowest BCUT2D eigenvalue weighted by Crippen LogP contribution is -2.66. The van der Waals surface area contributed by atoms with E-state index in [1.165, 1.54) is 69.8 Å². The zero-order valence-corrected chi connectivity index (χ0v) is 26.8. The molecule has 0 radical (unpaired) electrons. The second kappa shape index (κ2) is 10.4. The molecule has 0 saturated heterocycles. The van der Waals surface area contributed by atoms with Gasteiger partial charge in [-0.25, -0.2) is 0 Å². The van der Waals surface area contributed by atoms with Gasteiger partial charge in [0.05, 0.1) is 5.92 Å². The molecule has 2 N–H and O–H groups in total. The molecule has 228 valence electrons. The van der Waals surface area contributed by atoms with Crippen molar-refractivity contribution in [1.82, 2.24) is 0 Å². The molecule has 0 spiro atoms. The molecule has 1 aromatic rings. The van der Waals surface area contributed by atoms with Crippen LogP contribution < -0.4 is 5.73 Å². The molecule has 1 aromatic carbocycles. The molecule has 7 rings (SSSR count). The number of fused-ring (bicyclic) bond motifs is 7. The Morgan fingerprint density at radius 1 is 0.881 bits per heavy atom. The summed E-state index contributed by atoms with van der Waals surface area (Å²) in [6.07, 6.45) is 21.2. The highest BCUT2D eigenvalue weighted by molar-refractivity contribution is 5.73. The Morgan fingerprint density at radius 3 is 2.45 bits per heavy atom. The molecule has 10 atom stereocenters. The van der Waals surface area contributed by atoms with Gasteiger partial charge in [0, 0.05) is 5.54 Å². The van der Waals surface area contributed by atoms with Crippen LogP contribution >= 0.6 is 0 Å². The summed E-state index contributed by atoms with van der Waals surface area (Å²) < 4.78 is 5.70. The fourth-order valence-electron chi connectivity index (χ4n) is 12.4. The average molecular weight is 570 g/mol. The van der Waals surface area contributed by atoms with E-state index in [1.54, 1.807) is 5.57 Å². The van der Waals surface area contributed by atoms with Crippen molar-refractivity contribution in [2.45, 2.75) is 123 Å². The predicted molar refractivity (Wildman–Crippen MR) is 170 cm³/mol. The first-order valence-electron chi connectivity index (χ1n) is 17.5. The van der Waals surface area contributed by atoms with Crippen molar-refractivity contribution < 1.29 is 9.53 Å². The molecule has 8 unspecified atom stereocenters. The molecule has 4 saturated carbocycles. The van der Waals surface area contributed by atoms with Crippen LogP contribution in [0.5, 0.6) is 0 Å². The second-order valence-electron chi connectivity index (χ2n) is 16.4. The highest BCUT2D eigenvalue weighted by Gasteiger charge is 2.68. The first kappa shape index (κ1) is 28.9. The largest absolute Gasteiger partial charge is 0.461 e. The fraction of sp³-hybridized carbons (Fsp3) is 0.718. The molecule has 3 nitrogen and oxygen atoms in total. The standard InChI is InChI=1S/C39H55NO2/c1-26-30(28-12-14-29(15-13-28)35(41)42-25-27-9-6-5-7-10-27)18-21-36(2)31(26)19-22-38(4)34(36)17-16-32-33-11-8-20-39(33,40)24-23-37(32,38)3/h5-7,9-10,12,18,26,29,31-34H,8,11,13-17,19-25,40H2,1-4H3/t26?,29?,31?,32?,33-,34?,36?,37-,38?,39?/m1/s1. The maximum atomic E-state index is 12.8. The lowest BCUT2D eigenvalue weighted by molar-refractivity contribution is -0.210. The Labute approximate surface area is 255 Å². The first-order valence-corrected chi connectivity index (χ1v) is 17.5. The maximum absolute atomic E-state index is 12.8. The van der Waals surface area contributed by atoms with E-state index < -0.39 is 0 Å². The SMILES string of the molecule is CC1C(C2=CCC(C(=O)OCc3ccccc3)CC2)=CCC2(C)C1CCC1(C)C2CCC2[C@H]3CCCC3(N)CC[C@]21C. The minimum Gasteiger partial charge on any atom is -0.461 e.